The molecule has 0 unspecified atom stereocenters. The van der Waals surface area contributed by atoms with Gasteiger partial charge in [-0.3, -0.25) is 4.79 Å². The van der Waals surface area contributed by atoms with Gasteiger partial charge in [0.1, 0.15) is 16.4 Å². The van der Waals surface area contributed by atoms with Gasteiger partial charge in [0.2, 0.25) is 0 Å². The molecule has 0 N–H and O–H groups in total. The maximum Gasteiger partial charge on any atom is 0.266 e. The number of carbonyl (C=O) groups is 1. The first kappa shape index (κ1) is 14.0. The predicted molar refractivity (Wildman–Crippen MR) is 85.0 cm³/mol. The molecule has 2 fully saturated rings. The van der Waals surface area contributed by atoms with Gasteiger partial charge in [0.05, 0.1) is 17.7 Å². The van der Waals surface area contributed by atoms with Crippen LogP contribution in [0.5, 0.6) is 0 Å². The van der Waals surface area contributed by atoms with Crippen LogP contribution < -0.4 is 0 Å². The van der Waals surface area contributed by atoms with Crippen LogP contribution >= 0.6 is 11.3 Å². The summed E-state index contributed by atoms with van der Waals surface area (Å²) in [5.74, 6) is 3.40. The third-order valence-corrected chi connectivity index (χ3v) is 5.59. The molecule has 2 aliphatic carbocycles. The van der Waals surface area contributed by atoms with E-state index in [1.165, 1.54) is 17.8 Å². The van der Waals surface area contributed by atoms with E-state index in [1.807, 2.05) is 17.9 Å². The summed E-state index contributed by atoms with van der Waals surface area (Å²) in [6.45, 7) is 4.72. The lowest BCUT2D eigenvalue weighted by Gasteiger charge is -2.20. The number of rotatable bonds is 5. The first-order chi connectivity index (χ1) is 10.6. The zero-order valence-corrected chi connectivity index (χ0v) is 13.7. The minimum Gasteiger partial charge on any atom is -0.464 e. The fourth-order valence-electron chi connectivity index (χ4n) is 2.96. The fourth-order valence-corrected chi connectivity index (χ4v) is 3.71. The molecule has 0 radical (unpaired) electrons. The highest BCUT2D eigenvalue weighted by atomic mass is 32.1. The lowest BCUT2D eigenvalue weighted by atomic mass is 10.2. The van der Waals surface area contributed by atoms with Crippen molar-refractivity contribution in [1.29, 1.82) is 0 Å². The van der Waals surface area contributed by atoms with Crippen LogP contribution in [0, 0.1) is 12.8 Å². The minimum atomic E-state index is 0.0974. The molecule has 2 heterocycles. The molecular weight excluding hydrogens is 296 g/mol. The SMILES string of the molecule is Cc1ncsc1C(=O)N(Cc1ccc([C@@H]2C[C@@H]2C)o1)C1CC1. The maximum atomic E-state index is 12.8. The summed E-state index contributed by atoms with van der Waals surface area (Å²) in [7, 11) is 0. The molecule has 1 amide bonds. The standard InChI is InChI=1S/C17H20N2O2S/c1-10-7-14(10)15-6-5-13(21-15)8-19(12-3-4-12)17(20)16-11(2)18-9-22-16/h5-6,9-10,12,14H,3-4,7-8H2,1-2H3/t10-,14+/m0/s1. The topological polar surface area (TPSA) is 46.3 Å². The molecule has 2 aromatic rings. The quantitative estimate of drug-likeness (QED) is 0.838. The van der Waals surface area contributed by atoms with Crippen molar-refractivity contribution in [2.45, 2.75) is 51.6 Å². The van der Waals surface area contributed by atoms with Crippen LogP contribution in [0.2, 0.25) is 0 Å². The molecular formula is C17H20N2O2S. The third-order valence-electron chi connectivity index (χ3n) is 4.67. The summed E-state index contributed by atoms with van der Waals surface area (Å²) in [6, 6.07) is 4.47. The van der Waals surface area contributed by atoms with Gasteiger partial charge in [-0.15, -0.1) is 11.3 Å². The van der Waals surface area contributed by atoms with E-state index in [9.17, 15) is 4.79 Å². The number of aryl methyl sites for hydroxylation is 1. The maximum absolute atomic E-state index is 12.8. The second-order valence-electron chi connectivity index (χ2n) is 6.55. The normalized spacial score (nSPS) is 23.5. The monoisotopic (exact) mass is 316 g/mol. The van der Waals surface area contributed by atoms with E-state index < -0.39 is 0 Å². The van der Waals surface area contributed by atoms with Gasteiger partial charge >= 0.3 is 0 Å². The number of nitrogens with zero attached hydrogens (tertiary/aromatic N) is 2. The second kappa shape index (κ2) is 5.23. The largest absolute Gasteiger partial charge is 0.464 e. The number of carbonyl (C=O) groups excluding carboxylic acids is 1. The first-order valence-corrected chi connectivity index (χ1v) is 8.81. The number of amides is 1. The van der Waals surface area contributed by atoms with E-state index >= 15 is 0 Å². The van der Waals surface area contributed by atoms with Crippen molar-refractivity contribution in [3.8, 4) is 0 Å². The van der Waals surface area contributed by atoms with Crippen LogP contribution in [0.15, 0.2) is 22.1 Å². The Hall–Kier alpha value is -1.62. The van der Waals surface area contributed by atoms with Crippen molar-refractivity contribution < 1.29 is 9.21 Å². The van der Waals surface area contributed by atoms with Crippen molar-refractivity contribution in [2.24, 2.45) is 5.92 Å². The Balaban J connectivity index is 1.52. The van der Waals surface area contributed by atoms with Crippen molar-refractivity contribution in [1.82, 2.24) is 9.88 Å². The Bertz CT molecular complexity index is 701. The molecule has 0 bridgehead atoms. The molecule has 0 saturated heterocycles. The van der Waals surface area contributed by atoms with Crippen LogP contribution in [0.4, 0.5) is 0 Å². The zero-order chi connectivity index (χ0) is 15.3. The molecule has 0 aromatic carbocycles. The summed E-state index contributed by atoms with van der Waals surface area (Å²) >= 11 is 1.43. The highest BCUT2D eigenvalue weighted by molar-refractivity contribution is 7.11. The van der Waals surface area contributed by atoms with E-state index in [-0.39, 0.29) is 5.91 Å². The van der Waals surface area contributed by atoms with Crippen LogP contribution in [-0.4, -0.2) is 21.8 Å². The first-order valence-electron chi connectivity index (χ1n) is 7.93. The highest BCUT2D eigenvalue weighted by Crippen LogP contribution is 2.47. The number of thiazole rings is 1. The molecule has 2 aliphatic rings. The number of aromatic nitrogens is 1. The van der Waals surface area contributed by atoms with Gasteiger partial charge in [-0.25, -0.2) is 4.98 Å². The van der Waals surface area contributed by atoms with Crippen molar-refractivity contribution in [3.05, 3.63) is 39.7 Å². The minimum absolute atomic E-state index is 0.0974. The highest BCUT2D eigenvalue weighted by Gasteiger charge is 2.38. The summed E-state index contributed by atoms with van der Waals surface area (Å²) in [5, 5.41) is 0. The summed E-state index contributed by atoms with van der Waals surface area (Å²) in [6.07, 6.45) is 3.41. The van der Waals surface area contributed by atoms with E-state index in [1.54, 1.807) is 5.51 Å². The van der Waals surface area contributed by atoms with Crippen LogP contribution in [0.25, 0.3) is 0 Å². The molecule has 4 nitrogen and oxygen atoms in total. The van der Waals surface area contributed by atoms with Gasteiger partial charge in [0, 0.05) is 12.0 Å². The summed E-state index contributed by atoms with van der Waals surface area (Å²) < 4.78 is 5.98. The fraction of sp³-hybridized carbons (Fsp3) is 0.529. The van der Waals surface area contributed by atoms with Gasteiger partial charge in [-0.05, 0) is 44.2 Å². The summed E-state index contributed by atoms with van der Waals surface area (Å²) in [4.78, 5) is 19.7. The van der Waals surface area contributed by atoms with E-state index in [0.29, 0.717) is 18.5 Å². The molecule has 2 atom stereocenters. The number of hydrogen-bond donors (Lipinski definition) is 0. The van der Waals surface area contributed by atoms with Crippen LogP contribution in [0.3, 0.4) is 0 Å². The summed E-state index contributed by atoms with van der Waals surface area (Å²) in [5.41, 5.74) is 2.57. The van der Waals surface area contributed by atoms with Crippen molar-refractivity contribution in [3.63, 3.8) is 0 Å². The Morgan fingerprint density at radius 2 is 2.23 bits per heavy atom. The predicted octanol–water partition coefficient (Wildman–Crippen LogP) is 3.97. The lowest BCUT2D eigenvalue weighted by molar-refractivity contribution is 0.0720. The Morgan fingerprint density at radius 3 is 2.82 bits per heavy atom. The molecule has 5 heteroatoms. The average molecular weight is 316 g/mol. The van der Waals surface area contributed by atoms with E-state index in [2.05, 4.69) is 18.0 Å². The molecule has 0 aliphatic heterocycles. The van der Waals surface area contributed by atoms with E-state index in [4.69, 9.17) is 4.42 Å². The van der Waals surface area contributed by atoms with Crippen molar-refractivity contribution in [2.75, 3.05) is 0 Å². The molecule has 4 rings (SSSR count). The number of hydrogen-bond acceptors (Lipinski definition) is 4. The van der Waals surface area contributed by atoms with Crippen molar-refractivity contribution >= 4 is 17.2 Å². The van der Waals surface area contributed by atoms with Gasteiger partial charge in [0.25, 0.3) is 5.91 Å². The van der Waals surface area contributed by atoms with E-state index in [0.717, 1.165) is 40.9 Å². The Kier molecular flexibility index (Phi) is 3.33. The average Bonchev–Trinajstić information content (AvgIpc) is 3.38. The third kappa shape index (κ3) is 2.58. The smallest absolute Gasteiger partial charge is 0.266 e. The second-order valence-corrected chi connectivity index (χ2v) is 7.41. The van der Waals surface area contributed by atoms with Gasteiger partial charge < -0.3 is 9.32 Å². The molecule has 2 aromatic heterocycles. The van der Waals surface area contributed by atoms with Gasteiger partial charge in [-0.1, -0.05) is 6.92 Å². The lowest BCUT2D eigenvalue weighted by Crippen LogP contribution is -2.32. The molecule has 116 valence electrons. The zero-order valence-electron chi connectivity index (χ0n) is 12.9. The van der Waals surface area contributed by atoms with Crippen LogP contribution in [-0.2, 0) is 6.54 Å². The Labute approximate surface area is 134 Å². The van der Waals surface area contributed by atoms with Gasteiger partial charge in [0.15, 0.2) is 0 Å². The molecule has 0 spiro atoms. The Morgan fingerprint density at radius 1 is 1.45 bits per heavy atom. The van der Waals surface area contributed by atoms with Crippen LogP contribution in [0.1, 0.15) is 59.0 Å². The van der Waals surface area contributed by atoms with Gasteiger partial charge in [-0.2, -0.15) is 0 Å². The number of furan rings is 1. The molecule has 2 saturated carbocycles. The molecule has 22 heavy (non-hydrogen) atoms.